The largest absolute Gasteiger partial charge is 0.492 e. The average Bonchev–Trinajstić information content (AvgIpc) is 2.72. The smallest absolute Gasteiger partial charge is 0.180 e. The van der Waals surface area contributed by atoms with E-state index in [0.29, 0.717) is 35.2 Å². The van der Waals surface area contributed by atoms with Crippen molar-refractivity contribution in [3.05, 3.63) is 55.3 Å². The van der Waals surface area contributed by atoms with Crippen molar-refractivity contribution in [2.75, 3.05) is 39.1 Å². The standard InChI is InChI=1S/C21H24N6OS/c1-4-11-22-21(29)26-19-10-9-17-20(25-19)24-18(14-23-17)15-5-7-16(8-6-15)28-13-12-27(2)3/h4-10,14H,1,11-13H2,2-3H3,(H2,22,24,25,26,29). The number of nitrogens with one attached hydrogen (secondary N) is 2. The van der Waals surface area contributed by atoms with E-state index in [2.05, 4.69) is 37.1 Å². The number of thiocarbonyl (C=S) groups is 1. The van der Waals surface area contributed by atoms with Crippen LogP contribution in [-0.2, 0) is 0 Å². The first-order chi connectivity index (χ1) is 14.0. The number of hydrogen-bond donors (Lipinski definition) is 2. The second-order valence-corrected chi connectivity index (χ2v) is 7.00. The molecule has 0 atom stereocenters. The molecule has 0 saturated carbocycles. The number of fused-ring (bicyclic) bond motifs is 1. The second kappa shape index (κ2) is 9.90. The Hall–Kier alpha value is -3.10. The zero-order chi connectivity index (χ0) is 20.6. The predicted molar refractivity (Wildman–Crippen MR) is 121 cm³/mol. The topological polar surface area (TPSA) is 75.2 Å². The molecule has 0 aliphatic rings. The summed E-state index contributed by atoms with van der Waals surface area (Å²) in [6, 6.07) is 11.5. The number of hydrogen-bond acceptors (Lipinski definition) is 6. The van der Waals surface area contributed by atoms with Gasteiger partial charge in [-0.1, -0.05) is 6.08 Å². The van der Waals surface area contributed by atoms with E-state index in [1.165, 1.54) is 0 Å². The van der Waals surface area contributed by atoms with E-state index in [-0.39, 0.29) is 0 Å². The molecule has 7 nitrogen and oxygen atoms in total. The SMILES string of the molecule is C=CCNC(=S)Nc1ccc2ncc(-c3ccc(OCCN(C)C)cc3)nc2n1. The molecule has 150 valence electrons. The van der Waals surface area contributed by atoms with Crippen molar-refractivity contribution in [1.82, 2.24) is 25.2 Å². The molecule has 0 bridgehead atoms. The van der Waals surface area contributed by atoms with Crippen LogP contribution in [0.25, 0.3) is 22.4 Å². The molecule has 0 spiro atoms. The molecule has 0 aliphatic carbocycles. The third-order valence-corrected chi connectivity index (χ3v) is 4.26. The van der Waals surface area contributed by atoms with Crippen molar-refractivity contribution in [2.24, 2.45) is 0 Å². The molecule has 3 rings (SSSR count). The van der Waals surface area contributed by atoms with Gasteiger partial charge in [0.25, 0.3) is 0 Å². The zero-order valence-electron chi connectivity index (χ0n) is 16.6. The number of benzene rings is 1. The molecule has 1 aromatic carbocycles. The van der Waals surface area contributed by atoms with Crippen LogP contribution < -0.4 is 15.4 Å². The Labute approximate surface area is 175 Å². The van der Waals surface area contributed by atoms with Crippen molar-refractivity contribution in [1.29, 1.82) is 0 Å². The first-order valence-electron chi connectivity index (χ1n) is 9.22. The highest BCUT2D eigenvalue weighted by atomic mass is 32.1. The van der Waals surface area contributed by atoms with Crippen LogP contribution >= 0.6 is 12.2 Å². The van der Waals surface area contributed by atoms with Gasteiger partial charge in [-0.25, -0.2) is 9.97 Å². The Bertz CT molecular complexity index is 990. The lowest BCUT2D eigenvalue weighted by Crippen LogP contribution is -2.28. The number of likely N-dealkylation sites (N-methyl/N-ethyl adjacent to an activating group) is 1. The number of ether oxygens (including phenoxy) is 1. The highest BCUT2D eigenvalue weighted by molar-refractivity contribution is 7.80. The molecular formula is C21H24N6OS. The van der Waals surface area contributed by atoms with E-state index in [4.69, 9.17) is 17.0 Å². The van der Waals surface area contributed by atoms with Crippen molar-refractivity contribution in [2.45, 2.75) is 0 Å². The van der Waals surface area contributed by atoms with Gasteiger partial charge < -0.3 is 20.3 Å². The zero-order valence-corrected chi connectivity index (χ0v) is 17.4. The highest BCUT2D eigenvalue weighted by Crippen LogP contribution is 2.22. The maximum Gasteiger partial charge on any atom is 0.180 e. The molecule has 0 fully saturated rings. The third kappa shape index (κ3) is 5.94. The van der Waals surface area contributed by atoms with E-state index in [9.17, 15) is 0 Å². The van der Waals surface area contributed by atoms with Crippen molar-refractivity contribution >= 4 is 34.3 Å². The number of aromatic nitrogens is 3. The molecule has 2 aromatic heterocycles. The van der Waals surface area contributed by atoms with Gasteiger partial charge in [0.1, 0.15) is 23.7 Å². The van der Waals surface area contributed by atoms with Gasteiger partial charge in [-0.3, -0.25) is 4.98 Å². The summed E-state index contributed by atoms with van der Waals surface area (Å²) in [6.45, 7) is 5.75. The van der Waals surface area contributed by atoms with Crippen LogP contribution in [0.1, 0.15) is 0 Å². The monoisotopic (exact) mass is 408 g/mol. The summed E-state index contributed by atoms with van der Waals surface area (Å²) in [4.78, 5) is 15.7. The molecule has 0 saturated heterocycles. The molecule has 0 aliphatic heterocycles. The quantitative estimate of drug-likeness (QED) is 0.435. The summed E-state index contributed by atoms with van der Waals surface area (Å²) < 4.78 is 5.74. The molecule has 0 amide bonds. The van der Waals surface area contributed by atoms with Crippen LogP contribution in [0.3, 0.4) is 0 Å². The molecule has 2 heterocycles. The number of anilines is 1. The summed E-state index contributed by atoms with van der Waals surface area (Å²) >= 11 is 5.22. The summed E-state index contributed by atoms with van der Waals surface area (Å²) in [5.74, 6) is 1.43. The number of rotatable bonds is 8. The van der Waals surface area contributed by atoms with Crippen molar-refractivity contribution in [3.63, 3.8) is 0 Å². The fourth-order valence-electron chi connectivity index (χ4n) is 2.50. The van der Waals surface area contributed by atoms with Crippen molar-refractivity contribution in [3.8, 4) is 17.0 Å². The minimum Gasteiger partial charge on any atom is -0.492 e. The second-order valence-electron chi connectivity index (χ2n) is 6.59. The number of nitrogens with zero attached hydrogens (tertiary/aromatic N) is 4. The Balaban J connectivity index is 1.74. The first-order valence-corrected chi connectivity index (χ1v) is 9.63. The van der Waals surface area contributed by atoms with E-state index in [0.717, 1.165) is 23.6 Å². The maximum absolute atomic E-state index is 5.74. The lowest BCUT2D eigenvalue weighted by atomic mass is 10.1. The predicted octanol–water partition coefficient (Wildman–Crippen LogP) is 3.10. The first kappa shape index (κ1) is 20.6. The maximum atomic E-state index is 5.74. The van der Waals surface area contributed by atoms with Gasteiger partial charge in [-0.2, -0.15) is 0 Å². The molecule has 0 unspecified atom stereocenters. The molecule has 8 heteroatoms. The van der Waals surface area contributed by atoms with Crippen LogP contribution in [0.15, 0.2) is 55.3 Å². The van der Waals surface area contributed by atoms with Gasteiger partial charge in [-0.15, -0.1) is 6.58 Å². The summed E-state index contributed by atoms with van der Waals surface area (Å²) in [6.07, 6.45) is 3.48. The van der Waals surface area contributed by atoms with Gasteiger partial charge in [0.15, 0.2) is 10.8 Å². The summed E-state index contributed by atoms with van der Waals surface area (Å²) in [5, 5.41) is 6.52. The Morgan fingerprint density at radius 2 is 1.97 bits per heavy atom. The third-order valence-electron chi connectivity index (χ3n) is 4.01. The van der Waals surface area contributed by atoms with E-state index < -0.39 is 0 Å². The molecule has 29 heavy (non-hydrogen) atoms. The Morgan fingerprint density at radius 3 is 2.69 bits per heavy atom. The van der Waals surface area contributed by atoms with Gasteiger partial charge >= 0.3 is 0 Å². The lowest BCUT2D eigenvalue weighted by molar-refractivity contribution is 0.261. The minimum atomic E-state index is 0.478. The molecule has 3 aromatic rings. The summed E-state index contributed by atoms with van der Waals surface area (Å²) in [7, 11) is 4.04. The molecule has 2 N–H and O–H groups in total. The van der Waals surface area contributed by atoms with Gasteiger partial charge in [-0.05, 0) is 62.7 Å². The highest BCUT2D eigenvalue weighted by Gasteiger charge is 2.07. The van der Waals surface area contributed by atoms with Crippen molar-refractivity contribution < 1.29 is 4.74 Å². The van der Waals surface area contributed by atoms with Gasteiger partial charge in [0.05, 0.1) is 11.9 Å². The van der Waals surface area contributed by atoms with E-state index >= 15 is 0 Å². The van der Waals surface area contributed by atoms with E-state index in [1.807, 2.05) is 50.5 Å². The van der Waals surface area contributed by atoms with Crippen LogP contribution in [0.4, 0.5) is 5.82 Å². The van der Waals surface area contributed by atoms with Crippen LogP contribution in [0, 0.1) is 0 Å². The Kier molecular flexibility index (Phi) is 7.04. The average molecular weight is 409 g/mol. The molecule has 0 radical (unpaired) electrons. The normalized spacial score (nSPS) is 10.7. The van der Waals surface area contributed by atoms with Crippen LogP contribution in [0.2, 0.25) is 0 Å². The Morgan fingerprint density at radius 1 is 1.17 bits per heavy atom. The summed E-state index contributed by atoms with van der Waals surface area (Å²) in [5.41, 5.74) is 2.95. The van der Waals surface area contributed by atoms with Gasteiger partial charge in [0, 0.05) is 18.7 Å². The lowest BCUT2D eigenvalue weighted by Gasteiger charge is -2.11. The number of pyridine rings is 1. The fraction of sp³-hybridized carbons (Fsp3) is 0.238. The van der Waals surface area contributed by atoms with Gasteiger partial charge in [0.2, 0.25) is 0 Å². The van der Waals surface area contributed by atoms with Crippen LogP contribution in [-0.4, -0.2) is 58.8 Å². The van der Waals surface area contributed by atoms with Crippen LogP contribution in [0.5, 0.6) is 5.75 Å². The molecular weight excluding hydrogens is 384 g/mol. The minimum absolute atomic E-state index is 0.478. The van der Waals surface area contributed by atoms with E-state index in [1.54, 1.807) is 12.3 Å². The fourth-order valence-corrected chi connectivity index (χ4v) is 2.69.